The molecule has 88 valence electrons. The molecule has 0 saturated carbocycles. The molecule has 1 rings (SSSR count). The number of anilines is 1. The van der Waals surface area contributed by atoms with Crippen molar-refractivity contribution >= 4 is 11.6 Å². The summed E-state index contributed by atoms with van der Waals surface area (Å²) in [5, 5.41) is 2.68. The topological polar surface area (TPSA) is 55.1 Å². The molecule has 0 spiro atoms. The fourth-order valence-corrected chi connectivity index (χ4v) is 1.13. The van der Waals surface area contributed by atoms with E-state index >= 15 is 0 Å². The van der Waals surface area contributed by atoms with Gasteiger partial charge >= 0.3 is 0 Å². The Morgan fingerprint density at radius 2 is 2.12 bits per heavy atom. The zero-order valence-corrected chi connectivity index (χ0v) is 9.80. The van der Waals surface area contributed by atoms with E-state index in [9.17, 15) is 9.18 Å². The highest BCUT2D eigenvalue weighted by Gasteiger charge is 2.26. The summed E-state index contributed by atoms with van der Waals surface area (Å²) in [6.07, 6.45) is 0. The number of amides is 1. The molecule has 0 radical (unpaired) electrons. The van der Waals surface area contributed by atoms with E-state index in [1.807, 2.05) is 0 Å². The van der Waals surface area contributed by atoms with E-state index in [1.54, 1.807) is 32.9 Å². The van der Waals surface area contributed by atoms with Gasteiger partial charge in [0.15, 0.2) is 0 Å². The van der Waals surface area contributed by atoms with Gasteiger partial charge in [0.05, 0.1) is 5.41 Å². The average Bonchev–Trinajstić information content (AvgIpc) is 2.24. The van der Waals surface area contributed by atoms with Crippen molar-refractivity contribution in [2.24, 2.45) is 11.1 Å². The third-order valence-corrected chi connectivity index (χ3v) is 2.64. The van der Waals surface area contributed by atoms with Gasteiger partial charge in [0.1, 0.15) is 5.82 Å². The molecule has 16 heavy (non-hydrogen) atoms. The maximum Gasteiger partial charge on any atom is 0.231 e. The molecule has 1 aromatic carbocycles. The Hall–Kier alpha value is -1.42. The number of carbonyl (C=O) groups is 1. The Bertz CT molecular complexity index is 402. The van der Waals surface area contributed by atoms with Crippen molar-refractivity contribution in [2.45, 2.75) is 20.8 Å². The van der Waals surface area contributed by atoms with Crippen LogP contribution in [0, 0.1) is 18.2 Å². The smallest absolute Gasteiger partial charge is 0.231 e. The van der Waals surface area contributed by atoms with Crippen molar-refractivity contribution in [1.29, 1.82) is 0 Å². The summed E-state index contributed by atoms with van der Waals surface area (Å²) in [5.41, 5.74) is 5.77. The minimum absolute atomic E-state index is 0.205. The van der Waals surface area contributed by atoms with E-state index in [1.165, 1.54) is 6.07 Å². The summed E-state index contributed by atoms with van der Waals surface area (Å²) < 4.78 is 13.2. The second-order valence-corrected chi connectivity index (χ2v) is 4.45. The van der Waals surface area contributed by atoms with Crippen molar-refractivity contribution < 1.29 is 9.18 Å². The van der Waals surface area contributed by atoms with Crippen molar-refractivity contribution in [3.63, 3.8) is 0 Å². The highest BCUT2D eigenvalue weighted by molar-refractivity contribution is 5.95. The Kier molecular flexibility index (Phi) is 3.65. The number of hydrogen-bond acceptors (Lipinski definition) is 2. The summed E-state index contributed by atoms with van der Waals surface area (Å²) in [4.78, 5) is 11.8. The first-order valence-corrected chi connectivity index (χ1v) is 5.15. The third-order valence-electron chi connectivity index (χ3n) is 2.64. The first kappa shape index (κ1) is 12.6. The van der Waals surface area contributed by atoms with E-state index in [0.717, 1.165) is 0 Å². The molecule has 1 amide bonds. The monoisotopic (exact) mass is 224 g/mol. The van der Waals surface area contributed by atoms with E-state index < -0.39 is 5.41 Å². The van der Waals surface area contributed by atoms with Gasteiger partial charge in [-0.05, 0) is 32.9 Å². The molecule has 4 heteroatoms. The van der Waals surface area contributed by atoms with Crippen LogP contribution in [-0.4, -0.2) is 12.5 Å². The lowest BCUT2D eigenvalue weighted by Gasteiger charge is -2.22. The Morgan fingerprint density at radius 1 is 1.50 bits per heavy atom. The van der Waals surface area contributed by atoms with E-state index in [2.05, 4.69) is 5.32 Å². The quantitative estimate of drug-likeness (QED) is 0.825. The first-order chi connectivity index (χ1) is 7.38. The highest BCUT2D eigenvalue weighted by atomic mass is 19.1. The normalized spacial score (nSPS) is 11.3. The van der Waals surface area contributed by atoms with E-state index in [0.29, 0.717) is 11.3 Å². The van der Waals surface area contributed by atoms with Crippen LogP contribution in [0.15, 0.2) is 18.2 Å². The lowest BCUT2D eigenvalue weighted by molar-refractivity contribution is -0.123. The summed E-state index contributed by atoms with van der Waals surface area (Å²) >= 11 is 0. The predicted molar refractivity (Wildman–Crippen MR) is 62.6 cm³/mol. The van der Waals surface area contributed by atoms with Crippen molar-refractivity contribution in [3.05, 3.63) is 29.6 Å². The predicted octanol–water partition coefficient (Wildman–Crippen LogP) is 2.06. The number of halogens is 1. The number of rotatable bonds is 3. The van der Waals surface area contributed by atoms with E-state index in [4.69, 9.17) is 5.73 Å². The van der Waals surface area contributed by atoms with Crippen molar-refractivity contribution in [3.8, 4) is 0 Å². The molecule has 0 bridgehead atoms. The minimum Gasteiger partial charge on any atom is -0.329 e. The summed E-state index contributed by atoms with van der Waals surface area (Å²) in [7, 11) is 0. The van der Waals surface area contributed by atoms with E-state index in [-0.39, 0.29) is 18.3 Å². The van der Waals surface area contributed by atoms with Crippen LogP contribution in [0.25, 0.3) is 0 Å². The van der Waals surface area contributed by atoms with Crippen LogP contribution in [0.1, 0.15) is 19.4 Å². The third kappa shape index (κ3) is 2.58. The zero-order chi connectivity index (χ0) is 12.3. The SMILES string of the molecule is Cc1c(F)cccc1NC(=O)C(C)(C)CN. The first-order valence-electron chi connectivity index (χ1n) is 5.15. The van der Waals surface area contributed by atoms with Gasteiger partial charge in [-0.2, -0.15) is 0 Å². The molecular formula is C12H17FN2O. The van der Waals surface area contributed by atoms with Gasteiger partial charge in [-0.15, -0.1) is 0 Å². The molecule has 1 aromatic rings. The van der Waals surface area contributed by atoms with Crippen LogP contribution in [0.4, 0.5) is 10.1 Å². The second kappa shape index (κ2) is 4.61. The maximum absolute atomic E-state index is 13.2. The van der Waals surface area contributed by atoms with Gasteiger partial charge in [-0.1, -0.05) is 6.07 Å². The molecule has 3 nitrogen and oxygen atoms in total. The van der Waals surface area contributed by atoms with Crippen LogP contribution in [0.2, 0.25) is 0 Å². The molecule has 0 aliphatic rings. The molecule has 3 N–H and O–H groups in total. The van der Waals surface area contributed by atoms with Gasteiger partial charge < -0.3 is 11.1 Å². The molecular weight excluding hydrogens is 207 g/mol. The minimum atomic E-state index is -0.654. The van der Waals surface area contributed by atoms with Gasteiger partial charge in [-0.3, -0.25) is 4.79 Å². The molecule has 0 aliphatic carbocycles. The molecule has 0 saturated heterocycles. The van der Waals surface area contributed by atoms with Gasteiger partial charge in [0.25, 0.3) is 0 Å². The van der Waals surface area contributed by atoms with Crippen LogP contribution < -0.4 is 11.1 Å². The number of hydrogen-bond donors (Lipinski definition) is 2. The Labute approximate surface area is 94.8 Å². The molecule has 0 fully saturated rings. The van der Waals surface area contributed by atoms with Gasteiger partial charge in [0, 0.05) is 17.8 Å². The van der Waals surface area contributed by atoms with Crippen LogP contribution >= 0.6 is 0 Å². The largest absolute Gasteiger partial charge is 0.329 e. The molecule has 0 unspecified atom stereocenters. The lowest BCUT2D eigenvalue weighted by atomic mass is 9.92. The Morgan fingerprint density at radius 3 is 2.69 bits per heavy atom. The van der Waals surface area contributed by atoms with Crippen molar-refractivity contribution in [2.75, 3.05) is 11.9 Å². The number of nitrogens with two attached hydrogens (primary N) is 1. The summed E-state index contributed by atoms with van der Waals surface area (Å²) in [6.45, 7) is 5.36. The lowest BCUT2D eigenvalue weighted by Crippen LogP contribution is -2.37. The molecule has 0 aliphatic heterocycles. The van der Waals surface area contributed by atoms with Gasteiger partial charge in [0.2, 0.25) is 5.91 Å². The average molecular weight is 224 g/mol. The number of benzene rings is 1. The standard InChI is InChI=1S/C12H17FN2O/c1-8-9(13)5-4-6-10(8)15-11(16)12(2,3)7-14/h4-6H,7,14H2,1-3H3,(H,15,16). The molecule has 0 aromatic heterocycles. The fraction of sp³-hybridized carbons (Fsp3) is 0.417. The van der Waals surface area contributed by atoms with Gasteiger partial charge in [-0.25, -0.2) is 4.39 Å². The van der Waals surface area contributed by atoms with Crippen LogP contribution in [0.5, 0.6) is 0 Å². The highest BCUT2D eigenvalue weighted by Crippen LogP contribution is 2.21. The van der Waals surface area contributed by atoms with Crippen LogP contribution in [0.3, 0.4) is 0 Å². The number of nitrogens with one attached hydrogen (secondary N) is 1. The van der Waals surface area contributed by atoms with Crippen LogP contribution in [-0.2, 0) is 4.79 Å². The number of carbonyl (C=O) groups excluding carboxylic acids is 1. The van der Waals surface area contributed by atoms with Crippen molar-refractivity contribution in [1.82, 2.24) is 0 Å². The fourth-order valence-electron chi connectivity index (χ4n) is 1.13. The summed E-state index contributed by atoms with van der Waals surface area (Å²) in [5.74, 6) is -0.535. The molecule has 0 atom stereocenters. The summed E-state index contributed by atoms with van der Waals surface area (Å²) in [6, 6.07) is 4.59. The molecule has 0 heterocycles. The second-order valence-electron chi connectivity index (χ2n) is 4.45. The maximum atomic E-state index is 13.2. The zero-order valence-electron chi connectivity index (χ0n) is 9.80. The Balaban J connectivity index is 2.90.